The van der Waals surface area contributed by atoms with Crippen molar-refractivity contribution in [2.24, 2.45) is 5.41 Å². The molecule has 0 spiro atoms. The first-order valence-corrected chi connectivity index (χ1v) is 7.29. The Morgan fingerprint density at radius 2 is 2.00 bits per heavy atom. The van der Waals surface area contributed by atoms with Gasteiger partial charge >= 0.3 is 12.0 Å². The lowest BCUT2D eigenvalue weighted by Gasteiger charge is -2.33. The largest absolute Gasteiger partial charge is 0.481 e. The maximum Gasteiger partial charge on any atom is 0.317 e. The second-order valence-corrected chi connectivity index (χ2v) is 5.70. The van der Waals surface area contributed by atoms with Gasteiger partial charge < -0.3 is 24.8 Å². The molecule has 2 amide bonds. The summed E-state index contributed by atoms with van der Waals surface area (Å²) in [6, 6.07) is -0.283. The molecular formula is C14H26N2O5. The first-order chi connectivity index (χ1) is 9.87. The molecule has 21 heavy (non-hydrogen) atoms. The minimum Gasteiger partial charge on any atom is -0.481 e. The fourth-order valence-corrected chi connectivity index (χ4v) is 2.14. The molecule has 7 nitrogen and oxygen atoms in total. The molecule has 0 aromatic heterocycles. The Balaban J connectivity index is 2.40. The van der Waals surface area contributed by atoms with Crippen LogP contribution in [0.3, 0.4) is 0 Å². The monoisotopic (exact) mass is 302 g/mol. The SMILES string of the molecule is CC(C)OCCN(C)C(=O)NCC1(C(=O)O)CCOCC1. The van der Waals surface area contributed by atoms with E-state index < -0.39 is 11.4 Å². The predicted octanol–water partition coefficient (Wildman–Crippen LogP) is 0.934. The average Bonchev–Trinajstić information content (AvgIpc) is 2.45. The molecule has 0 aromatic rings. The number of nitrogens with zero attached hydrogens (tertiary/aromatic N) is 1. The summed E-state index contributed by atoms with van der Waals surface area (Å²) in [6.07, 6.45) is 0.963. The van der Waals surface area contributed by atoms with E-state index in [9.17, 15) is 14.7 Å². The van der Waals surface area contributed by atoms with Gasteiger partial charge in [0.05, 0.1) is 18.1 Å². The van der Waals surface area contributed by atoms with Crippen LogP contribution in [0.25, 0.3) is 0 Å². The quantitative estimate of drug-likeness (QED) is 0.730. The molecule has 0 aromatic carbocycles. The molecule has 1 heterocycles. The van der Waals surface area contributed by atoms with Gasteiger partial charge in [-0.25, -0.2) is 4.79 Å². The summed E-state index contributed by atoms with van der Waals surface area (Å²) in [5, 5.41) is 12.1. The van der Waals surface area contributed by atoms with Crippen molar-refractivity contribution >= 4 is 12.0 Å². The van der Waals surface area contributed by atoms with Crippen LogP contribution >= 0.6 is 0 Å². The van der Waals surface area contributed by atoms with Crippen molar-refractivity contribution in [2.75, 3.05) is 40.0 Å². The molecule has 1 aliphatic heterocycles. The van der Waals surface area contributed by atoms with E-state index in [1.165, 1.54) is 4.90 Å². The summed E-state index contributed by atoms with van der Waals surface area (Å²) >= 11 is 0. The van der Waals surface area contributed by atoms with Gasteiger partial charge in [-0.15, -0.1) is 0 Å². The van der Waals surface area contributed by atoms with Gasteiger partial charge in [0.2, 0.25) is 0 Å². The molecule has 0 aliphatic carbocycles. The molecule has 0 saturated carbocycles. The van der Waals surface area contributed by atoms with Gasteiger partial charge in [-0.3, -0.25) is 4.79 Å². The predicted molar refractivity (Wildman–Crippen MR) is 77.2 cm³/mol. The number of hydrogen-bond acceptors (Lipinski definition) is 4. The normalized spacial score (nSPS) is 17.5. The lowest BCUT2D eigenvalue weighted by Crippen LogP contribution is -2.49. The van der Waals surface area contributed by atoms with Crippen LogP contribution in [0.5, 0.6) is 0 Å². The second-order valence-electron chi connectivity index (χ2n) is 5.70. The Bertz CT molecular complexity index is 353. The molecule has 0 bridgehead atoms. The van der Waals surface area contributed by atoms with Crippen molar-refractivity contribution in [1.29, 1.82) is 0 Å². The summed E-state index contributed by atoms with van der Waals surface area (Å²) in [5.41, 5.74) is -0.914. The van der Waals surface area contributed by atoms with Gasteiger partial charge in [0, 0.05) is 33.4 Å². The lowest BCUT2D eigenvalue weighted by atomic mass is 9.80. The standard InChI is InChI=1S/C14H26N2O5/c1-11(2)21-9-6-16(3)13(19)15-10-14(12(17)18)4-7-20-8-5-14/h11H,4-10H2,1-3H3,(H,15,19)(H,17,18). The third-order valence-electron chi connectivity index (χ3n) is 3.71. The summed E-state index contributed by atoms with van der Waals surface area (Å²) in [5.74, 6) is -0.878. The zero-order valence-electron chi connectivity index (χ0n) is 13.1. The number of rotatable bonds is 7. The van der Waals surface area contributed by atoms with E-state index in [1.807, 2.05) is 13.8 Å². The number of carboxylic acid groups (broad SMARTS) is 1. The van der Waals surface area contributed by atoms with Crippen LogP contribution in [0.2, 0.25) is 0 Å². The fraction of sp³-hybridized carbons (Fsp3) is 0.857. The number of aliphatic carboxylic acids is 1. The van der Waals surface area contributed by atoms with Crippen LogP contribution in [-0.2, 0) is 14.3 Å². The van der Waals surface area contributed by atoms with Crippen molar-refractivity contribution < 1.29 is 24.2 Å². The van der Waals surface area contributed by atoms with Crippen LogP contribution in [0.4, 0.5) is 4.79 Å². The third kappa shape index (κ3) is 5.51. The molecule has 7 heteroatoms. The molecule has 0 unspecified atom stereocenters. The highest BCUT2D eigenvalue weighted by atomic mass is 16.5. The topological polar surface area (TPSA) is 88.1 Å². The van der Waals surface area contributed by atoms with E-state index >= 15 is 0 Å². The molecule has 1 rings (SSSR count). The first-order valence-electron chi connectivity index (χ1n) is 7.29. The lowest BCUT2D eigenvalue weighted by molar-refractivity contribution is -0.154. The summed E-state index contributed by atoms with van der Waals surface area (Å²) in [6.45, 7) is 5.75. The van der Waals surface area contributed by atoms with E-state index in [4.69, 9.17) is 9.47 Å². The number of urea groups is 1. The average molecular weight is 302 g/mol. The Hall–Kier alpha value is -1.34. The molecular weight excluding hydrogens is 276 g/mol. The van der Waals surface area contributed by atoms with Crippen molar-refractivity contribution in [2.45, 2.75) is 32.8 Å². The number of carbonyl (C=O) groups is 2. The van der Waals surface area contributed by atoms with Crippen LogP contribution in [0.1, 0.15) is 26.7 Å². The van der Waals surface area contributed by atoms with E-state index in [-0.39, 0.29) is 18.7 Å². The van der Waals surface area contributed by atoms with Gasteiger partial charge in [-0.1, -0.05) is 0 Å². The minimum atomic E-state index is -0.914. The van der Waals surface area contributed by atoms with Crippen LogP contribution in [0, 0.1) is 5.41 Å². The van der Waals surface area contributed by atoms with Crippen molar-refractivity contribution in [3.8, 4) is 0 Å². The number of nitrogens with one attached hydrogen (secondary N) is 1. The Kier molecular flexibility index (Phi) is 6.91. The fourth-order valence-electron chi connectivity index (χ4n) is 2.14. The maximum atomic E-state index is 12.0. The van der Waals surface area contributed by atoms with E-state index in [0.717, 1.165) is 0 Å². The number of carboxylic acids is 1. The summed E-state index contributed by atoms with van der Waals surface area (Å²) in [7, 11) is 1.66. The zero-order valence-corrected chi connectivity index (χ0v) is 13.1. The van der Waals surface area contributed by atoms with Gasteiger partial charge in [0.25, 0.3) is 0 Å². The first kappa shape index (κ1) is 17.7. The highest BCUT2D eigenvalue weighted by molar-refractivity contribution is 5.78. The zero-order chi connectivity index (χ0) is 15.9. The van der Waals surface area contributed by atoms with Gasteiger partial charge in [0.1, 0.15) is 0 Å². The van der Waals surface area contributed by atoms with Gasteiger partial charge in [-0.2, -0.15) is 0 Å². The van der Waals surface area contributed by atoms with E-state index in [2.05, 4.69) is 5.32 Å². The van der Waals surface area contributed by atoms with Crippen LogP contribution in [-0.4, -0.2) is 68.1 Å². The number of amides is 2. The molecule has 1 saturated heterocycles. The maximum absolute atomic E-state index is 12.0. The Labute approximate surface area is 125 Å². The van der Waals surface area contributed by atoms with E-state index in [1.54, 1.807) is 7.05 Å². The van der Waals surface area contributed by atoms with Crippen molar-refractivity contribution in [3.05, 3.63) is 0 Å². The molecule has 1 aliphatic rings. The molecule has 122 valence electrons. The molecule has 0 atom stereocenters. The second kappa shape index (κ2) is 8.19. The number of likely N-dealkylation sites (N-methyl/N-ethyl adjacent to an activating group) is 1. The van der Waals surface area contributed by atoms with Crippen LogP contribution < -0.4 is 5.32 Å². The highest BCUT2D eigenvalue weighted by Gasteiger charge is 2.40. The summed E-state index contributed by atoms with van der Waals surface area (Å²) < 4.78 is 10.6. The molecule has 2 N–H and O–H groups in total. The number of carbonyl (C=O) groups excluding carboxylic acids is 1. The summed E-state index contributed by atoms with van der Waals surface area (Å²) in [4.78, 5) is 24.9. The number of hydrogen-bond donors (Lipinski definition) is 2. The smallest absolute Gasteiger partial charge is 0.317 e. The van der Waals surface area contributed by atoms with Gasteiger partial charge in [0.15, 0.2) is 0 Å². The third-order valence-corrected chi connectivity index (χ3v) is 3.71. The minimum absolute atomic E-state index is 0.124. The molecule has 0 radical (unpaired) electrons. The van der Waals surface area contributed by atoms with Gasteiger partial charge in [-0.05, 0) is 26.7 Å². The van der Waals surface area contributed by atoms with Crippen LogP contribution in [0.15, 0.2) is 0 Å². The van der Waals surface area contributed by atoms with Crippen molar-refractivity contribution in [1.82, 2.24) is 10.2 Å². The number of ether oxygens (including phenoxy) is 2. The molecule has 1 fully saturated rings. The van der Waals surface area contributed by atoms with Crippen molar-refractivity contribution in [3.63, 3.8) is 0 Å². The Morgan fingerprint density at radius 1 is 1.38 bits per heavy atom. The highest BCUT2D eigenvalue weighted by Crippen LogP contribution is 2.30. The Morgan fingerprint density at radius 3 is 2.52 bits per heavy atom. The van der Waals surface area contributed by atoms with E-state index in [0.29, 0.717) is 39.2 Å².